The molecule has 0 aliphatic carbocycles. The lowest BCUT2D eigenvalue weighted by atomic mass is 10.5. The topological polar surface area (TPSA) is 73.1 Å². The minimum atomic E-state index is 0.162. The summed E-state index contributed by atoms with van der Waals surface area (Å²) >= 11 is 5.71. The van der Waals surface area contributed by atoms with Gasteiger partial charge in [-0.1, -0.05) is 11.6 Å². The van der Waals surface area contributed by atoms with Crippen LogP contribution >= 0.6 is 11.6 Å². The number of hydrogen-bond acceptors (Lipinski definition) is 5. The molecule has 0 aromatic carbocycles. The highest BCUT2D eigenvalue weighted by atomic mass is 35.5. The van der Waals surface area contributed by atoms with Crippen molar-refractivity contribution in [2.45, 2.75) is 20.0 Å². The molecule has 0 bridgehead atoms. The molecule has 0 aliphatic heterocycles. The summed E-state index contributed by atoms with van der Waals surface area (Å²) in [5, 5.41) is 3.37. The summed E-state index contributed by atoms with van der Waals surface area (Å²) in [6.45, 7) is 5.24. The molecule has 1 aromatic rings. The van der Waals surface area contributed by atoms with Gasteiger partial charge in [0.15, 0.2) is 0 Å². The summed E-state index contributed by atoms with van der Waals surface area (Å²) in [6, 6.07) is 1.62. The molecule has 5 nitrogen and oxygen atoms in total. The van der Waals surface area contributed by atoms with Crippen molar-refractivity contribution in [2.24, 2.45) is 0 Å². The van der Waals surface area contributed by atoms with E-state index in [1.165, 1.54) is 0 Å². The maximum Gasteiger partial charge on any atom is 0.223 e. The molecule has 1 heterocycles. The van der Waals surface area contributed by atoms with Gasteiger partial charge in [0.05, 0.1) is 12.7 Å². The maximum absolute atomic E-state index is 5.71. The van der Waals surface area contributed by atoms with Crippen LogP contribution in [0.15, 0.2) is 6.07 Å². The molecule has 3 N–H and O–H groups in total. The zero-order valence-corrected chi connectivity index (χ0v) is 9.58. The molecule has 1 aromatic heterocycles. The Morgan fingerprint density at radius 3 is 2.87 bits per heavy atom. The molecule has 0 amide bonds. The Hall–Kier alpha value is -1.07. The minimum Gasteiger partial charge on any atom is -0.377 e. The van der Waals surface area contributed by atoms with E-state index >= 15 is 0 Å². The van der Waals surface area contributed by atoms with E-state index in [4.69, 9.17) is 22.1 Å². The molecule has 6 heteroatoms. The van der Waals surface area contributed by atoms with Gasteiger partial charge in [0, 0.05) is 12.6 Å². The molecule has 84 valence electrons. The van der Waals surface area contributed by atoms with Crippen molar-refractivity contribution < 1.29 is 4.74 Å². The van der Waals surface area contributed by atoms with E-state index in [1.54, 1.807) is 6.07 Å². The van der Waals surface area contributed by atoms with Crippen molar-refractivity contribution in [1.82, 2.24) is 9.97 Å². The molecule has 0 atom stereocenters. The Bertz CT molecular complexity index is 299. The molecule has 0 aliphatic rings. The smallest absolute Gasteiger partial charge is 0.223 e. The first-order chi connectivity index (χ1) is 7.08. The fraction of sp³-hybridized carbons (Fsp3) is 0.556. The van der Waals surface area contributed by atoms with Crippen molar-refractivity contribution in [3.63, 3.8) is 0 Å². The second-order valence-electron chi connectivity index (χ2n) is 3.28. The van der Waals surface area contributed by atoms with Crippen LogP contribution in [0.3, 0.4) is 0 Å². The van der Waals surface area contributed by atoms with Crippen LogP contribution in [0, 0.1) is 0 Å². The number of nitrogen functional groups attached to an aromatic ring is 1. The lowest BCUT2D eigenvalue weighted by Gasteiger charge is -2.09. The number of nitrogens with zero attached hydrogens (tertiary/aromatic N) is 2. The molecule has 0 unspecified atom stereocenters. The number of anilines is 2. The molecule has 0 spiro atoms. The summed E-state index contributed by atoms with van der Waals surface area (Å²) in [4.78, 5) is 7.72. The van der Waals surface area contributed by atoms with Crippen molar-refractivity contribution in [1.29, 1.82) is 0 Å². The van der Waals surface area contributed by atoms with E-state index in [2.05, 4.69) is 15.3 Å². The standard InChI is InChI=1S/C9H15ClN4O/c1-6(2)15-4-3-12-8-5-7(10)13-9(11)14-8/h5-6H,3-4H2,1-2H3,(H3,11,12,13,14). The second kappa shape index (κ2) is 5.72. The van der Waals surface area contributed by atoms with Gasteiger partial charge in [0.2, 0.25) is 5.95 Å². The van der Waals surface area contributed by atoms with Gasteiger partial charge < -0.3 is 15.8 Å². The summed E-state index contributed by atoms with van der Waals surface area (Å²) in [6.07, 6.45) is 0.228. The molecule has 0 fully saturated rings. The third-order valence-corrected chi connectivity index (χ3v) is 1.77. The first kappa shape index (κ1) is 12.0. The largest absolute Gasteiger partial charge is 0.377 e. The predicted octanol–water partition coefficient (Wildman–Crippen LogP) is 1.55. The van der Waals surface area contributed by atoms with E-state index in [0.717, 1.165) is 0 Å². The molecule has 0 saturated heterocycles. The number of halogens is 1. The van der Waals surface area contributed by atoms with Crippen LogP contribution in [0.2, 0.25) is 5.15 Å². The Kier molecular flexibility index (Phi) is 4.58. The summed E-state index contributed by atoms with van der Waals surface area (Å²) in [5.41, 5.74) is 5.43. The average molecular weight is 231 g/mol. The van der Waals surface area contributed by atoms with Gasteiger partial charge in [0.25, 0.3) is 0 Å². The molecule has 0 saturated carbocycles. The second-order valence-corrected chi connectivity index (χ2v) is 3.67. The molecular formula is C9H15ClN4O. The van der Waals surface area contributed by atoms with E-state index in [1.807, 2.05) is 13.8 Å². The van der Waals surface area contributed by atoms with Gasteiger partial charge in [-0.05, 0) is 13.8 Å². The highest BCUT2D eigenvalue weighted by Crippen LogP contribution is 2.11. The van der Waals surface area contributed by atoms with Crippen LogP contribution < -0.4 is 11.1 Å². The molecule has 0 radical (unpaired) electrons. The first-order valence-corrected chi connectivity index (χ1v) is 5.11. The van der Waals surface area contributed by atoms with E-state index in [9.17, 15) is 0 Å². The molecule has 15 heavy (non-hydrogen) atoms. The van der Waals surface area contributed by atoms with E-state index < -0.39 is 0 Å². The Balaban J connectivity index is 2.37. The van der Waals surface area contributed by atoms with Gasteiger partial charge >= 0.3 is 0 Å². The van der Waals surface area contributed by atoms with Gasteiger partial charge in [0.1, 0.15) is 11.0 Å². The van der Waals surface area contributed by atoms with Crippen LogP contribution in [0.4, 0.5) is 11.8 Å². The SMILES string of the molecule is CC(C)OCCNc1cc(Cl)nc(N)n1. The highest BCUT2D eigenvalue weighted by Gasteiger charge is 1.99. The third-order valence-electron chi connectivity index (χ3n) is 1.57. The monoisotopic (exact) mass is 230 g/mol. The third kappa shape index (κ3) is 4.80. The zero-order valence-electron chi connectivity index (χ0n) is 8.83. The Labute approximate surface area is 94.0 Å². The predicted molar refractivity (Wildman–Crippen MR) is 61.0 cm³/mol. The van der Waals surface area contributed by atoms with Crippen LogP contribution in [0.5, 0.6) is 0 Å². The number of nitrogens with one attached hydrogen (secondary N) is 1. The molecular weight excluding hydrogens is 216 g/mol. The average Bonchev–Trinajstić information content (AvgIpc) is 2.10. The summed E-state index contributed by atoms with van der Waals surface area (Å²) in [7, 11) is 0. The van der Waals surface area contributed by atoms with Crippen LogP contribution in [0.25, 0.3) is 0 Å². The van der Waals surface area contributed by atoms with E-state index in [-0.39, 0.29) is 12.1 Å². The Morgan fingerprint density at radius 2 is 2.27 bits per heavy atom. The van der Waals surface area contributed by atoms with Crippen LogP contribution in [0.1, 0.15) is 13.8 Å². The Morgan fingerprint density at radius 1 is 1.53 bits per heavy atom. The van der Waals surface area contributed by atoms with Crippen molar-refractivity contribution in [3.05, 3.63) is 11.2 Å². The maximum atomic E-state index is 5.71. The normalized spacial score (nSPS) is 10.7. The van der Waals surface area contributed by atoms with Crippen LogP contribution in [-0.4, -0.2) is 29.2 Å². The highest BCUT2D eigenvalue weighted by molar-refractivity contribution is 6.29. The fourth-order valence-electron chi connectivity index (χ4n) is 0.999. The van der Waals surface area contributed by atoms with Crippen molar-refractivity contribution in [3.8, 4) is 0 Å². The number of ether oxygens (including phenoxy) is 1. The van der Waals surface area contributed by atoms with Gasteiger partial charge in [-0.2, -0.15) is 4.98 Å². The van der Waals surface area contributed by atoms with Crippen LogP contribution in [-0.2, 0) is 4.74 Å². The minimum absolute atomic E-state index is 0.162. The van der Waals surface area contributed by atoms with Gasteiger partial charge in [-0.15, -0.1) is 0 Å². The first-order valence-electron chi connectivity index (χ1n) is 4.73. The van der Waals surface area contributed by atoms with Gasteiger partial charge in [-0.3, -0.25) is 0 Å². The zero-order chi connectivity index (χ0) is 11.3. The van der Waals surface area contributed by atoms with E-state index in [0.29, 0.717) is 24.1 Å². The van der Waals surface area contributed by atoms with Gasteiger partial charge in [-0.25, -0.2) is 4.98 Å². The summed E-state index contributed by atoms with van der Waals surface area (Å²) in [5.74, 6) is 0.773. The number of hydrogen-bond donors (Lipinski definition) is 2. The molecule has 1 rings (SSSR count). The lowest BCUT2D eigenvalue weighted by molar-refractivity contribution is 0.0870. The summed E-state index contributed by atoms with van der Waals surface area (Å²) < 4.78 is 5.35. The number of nitrogens with two attached hydrogens (primary N) is 1. The quantitative estimate of drug-likeness (QED) is 0.593. The number of rotatable bonds is 5. The van der Waals surface area contributed by atoms with Crippen molar-refractivity contribution >= 4 is 23.4 Å². The lowest BCUT2D eigenvalue weighted by Crippen LogP contribution is -2.14. The number of aromatic nitrogens is 2. The fourth-order valence-corrected chi connectivity index (χ4v) is 1.19. The van der Waals surface area contributed by atoms with Crippen molar-refractivity contribution in [2.75, 3.05) is 24.2 Å².